The van der Waals surface area contributed by atoms with Gasteiger partial charge in [0.25, 0.3) is 0 Å². The van der Waals surface area contributed by atoms with Crippen LogP contribution < -0.4 is 28.4 Å². The summed E-state index contributed by atoms with van der Waals surface area (Å²) in [6, 6.07) is 5.78. The summed E-state index contributed by atoms with van der Waals surface area (Å²) in [5.41, 5.74) is 3.60. The van der Waals surface area contributed by atoms with E-state index in [-0.39, 0.29) is 6.04 Å². The minimum atomic E-state index is 0.0589. The van der Waals surface area contributed by atoms with Crippen molar-refractivity contribution in [3.05, 3.63) is 34.9 Å². The van der Waals surface area contributed by atoms with E-state index in [1.807, 2.05) is 18.2 Å². The third-order valence-electron chi connectivity index (χ3n) is 4.98. The largest absolute Gasteiger partial charge is 0.493 e. The first-order valence-electron chi connectivity index (χ1n) is 9.23. The van der Waals surface area contributed by atoms with Gasteiger partial charge in [0.05, 0.1) is 54.4 Å². The molecule has 156 valence electrons. The maximum Gasteiger partial charge on any atom is 0.203 e. The number of aliphatic imine (C=N–C) groups is 1. The standard InChI is InChI=1S/C22H27NO6/c1-12-8-15-14(11-18(26-4)22(29-7)20(15)27-5)19(23-12)13-9-16(24-2)21(28-6)17(10-13)25-3/h9-12H,8H2,1-7H3. The molecule has 0 spiro atoms. The third-order valence-corrected chi connectivity index (χ3v) is 4.98. The number of hydrogen-bond acceptors (Lipinski definition) is 7. The Labute approximate surface area is 171 Å². The van der Waals surface area contributed by atoms with Crippen molar-refractivity contribution in [2.24, 2.45) is 4.99 Å². The van der Waals surface area contributed by atoms with Crippen LogP contribution in [-0.4, -0.2) is 54.4 Å². The van der Waals surface area contributed by atoms with E-state index in [4.69, 9.17) is 33.4 Å². The van der Waals surface area contributed by atoms with E-state index in [0.717, 1.165) is 28.8 Å². The molecule has 29 heavy (non-hydrogen) atoms. The Balaban J connectivity index is 2.28. The molecule has 0 aromatic heterocycles. The van der Waals surface area contributed by atoms with Crippen LogP contribution in [0.15, 0.2) is 23.2 Å². The van der Waals surface area contributed by atoms with E-state index < -0.39 is 0 Å². The topological polar surface area (TPSA) is 67.7 Å². The molecule has 1 atom stereocenters. The summed E-state index contributed by atoms with van der Waals surface area (Å²) in [4.78, 5) is 4.92. The minimum Gasteiger partial charge on any atom is -0.493 e. The molecule has 0 N–H and O–H groups in total. The number of hydrogen-bond donors (Lipinski definition) is 0. The van der Waals surface area contributed by atoms with Crippen molar-refractivity contribution in [1.29, 1.82) is 0 Å². The lowest BCUT2D eigenvalue weighted by Gasteiger charge is -2.26. The molecule has 0 radical (unpaired) electrons. The summed E-state index contributed by atoms with van der Waals surface area (Å²) >= 11 is 0. The highest BCUT2D eigenvalue weighted by Gasteiger charge is 2.29. The van der Waals surface area contributed by atoms with Crippen LogP contribution in [0.4, 0.5) is 0 Å². The summed E-state index contributed by atoms with van der Waals surface area (Å²) in [5.74, 6) is 3.49. The Kier molecular flexibility index (Phi) is 6.06. The zero-order valence-electron chi connectivity index (χ0n) is 17.9. The first-order valence-corrected chi connectivity index (χ1v) is 9.23. The van der Waals surface area contributed by atoms with E-state index >= 15 is 0 Å². The minimum absolute atomic E-state index is 0.0589. The van der Waals surface area contributed by atoms with Gasteiger partial charge in [-0.3, -0.25) is 4.99 Å². The van der Waals surface area contributed by atoms with Gasteiger partial charge in [-0.05, 0) is 31.5 Å². The van der Waals surface area contributed by atoms with Crippen LogP contribution in [0, 0.1) is 0 Å². The van der Waals surface area contributed by atoms with Crippen molar-refractivity contribution >= 4 is 5.71 Å². The van der Waals surface area contributed by atoms with Gasteiger partial charge in [0, 0.05) is 16.7 Å². The Hall–Kier alpha value is -3.09. The maximum atomic E-state index is 5.71. The highest BCUT2D eigenvalue weighted by molar-refractivity contribution is 6.15. The van der Waals surface area contributed by atoms with Crippen LogP contribution in [0.2, 0.25) is 0 Å². The zero-order valence-corrected chi connectivity index (χ0v) is 17.9. The lowest BCUT2D eigenvalue weighted by atomic mass is 9.89. The molecular formula is C22H27NO6. The quantitative estimate of drug-likeness (QED) is 0.707. The Morgan fingerprint density at radius 2 is 1.21 bits per heavy atom. The summed E-state index contributed by atoms with van der Waals surface area (Å²) in [6.07, 6.45) is 0.729. The molecule has 2 aromatic rings. The van der Waals surface area contributed by atoms with Crippen molar-refractivity contribution in [2.75, 3.05) is 42.7 Å². The van der Waals surface area contributed by atoms with Gasteiger partial charge in [-0.2, -0.15) is 0 Å². The highest BCUT2D eigenvalue weighted by Crippen LogP contribution is 2.46. The predicted octanol–water partition coefficient (Wildman–Crippen LogP) is 3.52. The lowest BCUT2D eigenvalue weighted by molar-refractivity contribution is 0.321. The number of ether oxygens (including phenoxy) is 6. The van der Waals surface area contributed by atoms with E-state index in [2.05, 4.69) is 6.92 Å². The van der Waals surface area contributed by atoms with Crippen molar-refractivity contribution in [3.8, 4) is 34.5 Å². The monoisotopic (exact) mass is 401 g/mol. The molecule has 2 aromatic carbocycles. The van der Waals surface area contributed by atoms with Gasteiger partial charge in [-0.25, -0.2) is 0 Å². The molecule has 0 saturated carbocycles. The van der Waals surface area contributed by atoms with E-state index in [1.165, 1.54) is 0 Å². The van der Waals surface area contributed by atoms with E-state index in [1.54, 1.807) is 42.7 Å². The van der Waals surface area contributed by atoms with Gasteiger partial charge < -0.3 is 28.4 Å². The molecular weight excluding hydrogens is 374 g/mol. The molecule has 0 bridgehead atoms. The second-order valence-electron chi connectivity index (χ2n) is 6.62. The Bertz CT molecular complexity index is 912. The summed E-state index contributed by atoms with van der Waals surface area (Å²) < 4.78 is 33.3. The van der Waals surface area contributed by atoms with Gasteiger partial charge >= 0.3 is 0 Å². The Morgan fingerprint density at radius 3 is 1.69 bits per heavy atom. The van der Waals surface area contributed by atoms with Gasteiger partial charge in [0.1, 0.15) is 0 Å². The third kappa shape index (κ3) is 3.52. The molecule has 7 heteroatoms. The molecule has 7 nitrogen and oxygen atoms in total. The van der Waals surface area contributed by atoms with Crippen LogP contribution in [0.3, 0.4) is 0 Å². The predicted molar refractivity (Wildman–Crippen MR) is 111 cm³/mol. The summed E-state index contributed by atoms with van der Waals surface area (Å²) in [6.45, 7) is 2.07. The second kappa shape index (κ2) is 8.51. The zero-order chi connectivity index (χ0) is 21.1. The highest BCUT2D eigenvalue weighted by atomic mass is 16.5. The molecule has 0 saturated heterocycles. The van der Waals surface area contributed by atoms with Crippen LogP contribution in [0.25, 0.3) is 0 Å². The van der Waals surface area contributed by atoms with Crippen molar-refractivity contribution < 1.29 is 28.4 Å². The van der Waals surface area contributed by atoms with Crippen LogP contribution in [0.1, 0.15) is 23.6 Å². The fraction of sp³-hybridized carbons (Fsp3) is 0.409. The molecule has 0 amide bonds. The van der Waals surface area contributed by atoms with Crippen molar-refractivity contribution in [3.63, 3.8) is 0 Å². The van der Waals surface area contributed by atoms with Crippen molar-refractivity contribution in [1.82, 2.24) is 0 Å². The number of benzene rings is 2. The molecule has 0 aliphatic carbocycles. The molecule has 0 fully saturated rings. The smallest absolute Gasteiger partial charge is 0.203 e. The van der Waals surface area contributed by atoms with Gasteiger partial charge in [-0.15, -0.1) is 0 Å². The van der Waals surface area contributed by atoms with Gasteiger partial charge in [-0.1, -0.05) is 0 Å². The Morgan fingerprint density at radius 1 is 0.690 bits per heavy atom. The number of fused-ring (bicyclic) bond motifs is 1. The first kappa shape index (κ1) is 20.6. The normalized spacial score (nSPS) is 15.1. The molecule has 1 heterocycles. The SMILES string of the molecule is COc1cc(C2=NC(C)Cc3c2cc(OC)c(OC)c3OC)cc(OC)c1OC. The van der Waals surface area contributed by atoms with E-state index in [0.29, 0.717) is 34.5 Å². The average molecular weight is 401 g/mol. The number of methoxy groups -OCH3 is 6. The molecule has 1 aliphatic rings. The summed E-state index contributed by atoms with van der Waals surface area (Å²) in [5, 5.41) is 0. The van der Waals surface area contributed by atoms with E-state index in [9.17, 15) is 0 Å². The van der Waals surface area contributed by atoms with Gasteiger partial charge in [0.15, 0.2) is 23.0 Å². The molecule has 3 rings (SSSR count). The second-order valence-corrected chi connectivity index (χ2v) is 6.62. The van der Waals surface area contributed by atoms with Crippen molar-refractivity contribution in [2.45, 2.75) is 19.4 Å². The number of rotatable bonds is 7. The lowest BCUT2D eigenvalue weighted by Crippen LogP contribution is -2.21. The molecule has 1 aliphatic heterocycles. The fourth-order valence-corrected chi connectivity index (χ4v) is 3.71. The summed E-state index contributed by atoms with van der Waals surface area (Å²) in [7, 11) is 9.61. The maximum absolute atomic E-state index is 5.71. The fourth-order valence-electron chi connectivity index (χ4n) is 3.71. The average Bonchev–Trinajstić information content (AvgIpc) is 2.75. The van der Waals surface area contributed by atoms with Crippen LogP contribution in [-0.2, 0) is 6.42 Å². The molecule has 1 unspecified atom stereocenters. The number of nitrogens with zero attached hydrogens (tertiary/aromatic N) is 1. The first-order chi connectivity index (χ1) is 14.0. The van der Waals surface area contributed by atoms with Crippen LogP contribution in [0.5, 0.6) is 34.5 Å². The van der Waals surface area contributed by atoms with Gasteiger partial charge in [0.2, 0.25) is 11.5 Å². The van der Waals surface area contributed by atoms with Crippen LogP contribution >= 0.6 is 0 Å².